The number of anilines is 1. The molecule has 0 saturated heterocycles. The Morgan fingerprint density at radius 3 is 2.54 bits per heavy atom. The lowest BCUT2D eigenvalue weighted by Gasteiger charge is -2.10. The van der Waals surface area contributed by atoms with Crippen molar-refractivity contribution in [3.8, 4) is 5.75 Å². The summed E-state index contributed by atoms with van der Waals surface area (Å²) in [6, 6.07) is 12.7. The zero-order chi connectivity index (χ0) is 19.8. The molecule has 0 saturated carbocycles. The lowest BCUT2D eigenvalue weighted by Crippen LogP contribution is -2.06. The van der Waals surface area contributed by atoms with Gasteiger partial charge >= 0.3 is 0 Å². The molecule has 0 aliphatic rings. The Labute approximate surface area is 170 Å². The highest BCUT2D eigenvalue weighted by Gasteiger charge is 2.07. The second kappa shape index (κ2) is 10.1. The van der Waals surface area contributed by atoms with Crippen molar-refractivity contribution < 1.29 is 5.11 Å². The van der Waals surface area contributed by atoms with E-state index in [1.807, 2.05) is 36.4 Å². The Morgan fingerprint density at radius 2 is 1.75 bits per heavy atom. The molecule has 0 amide bonds. The van der Waals surface area contributed by atoms with Crippen LogP contribution in [0.1, 0.15) is 37.1 Å². The van der Waals surface area contributed by atoms with Crippen molar-refractivity contribution in [1.29, 1.82) is 0 Å². The van der Waals surface area contributed by atoms with E-state index in [9.17, 15) is 5.11 Å². The third-order valence-electron chi connectivity index (χ3n) is 4.41. The van der Waals surface area contributed by atoms with E-state index in [4.69, 9.17) is 17.3 Å². The lowest BCUT2D eigenvalue weighted by molar-refractivity contribution is 0.476. The normalized spacial score (nSPS) is 11.4. The van der Waals surface area contributed by atoms with E-state index in [-0.39, 0.29) is 5.75 Å². The van der Waals surface area contributed by atoms with Crippen molar-refractivity contribution in [3.05, 3.63) is 58.9 Å². The maximum atomic E-state index is 9.85. The standard InChI is InChI=1S/C22H25ClN4O/c23-17-8-5-16(6-9-17)7-12-21-26-20-11-10-18(28)15-19(20)22(27-21)25-14-4-2-1-3-13-24/h5-12,15,28H,1-4,13-14,24H2,(H,25,26,27). The SMILES string of the molecule is NCCCCCCNc1nc(C=Cc2ccc(Cl)cc2)nc2ccc(O)cc12. The molecule has 5 nitrogen and oxygen atoms in total. The van der Waals surface area contributed by atoms with E-state index in [0.29, 0.717) is 10.8 Å². The third-order valence-corrected chi connectivity index (χ3v) is 4.67. The van der Waals surface area contributed by atoms with Crippen LogP contribution in [0.25, 0.3) is 23.1 Å². The Morgan fingerprint density at radius 1 is 0.964 bits per heavy atom. The molecule has 0 aliphatic heterocycles. The number of hydrogen-bond donors (Lipinski definition) is 3. The summed E-state index contributed by atoms with van der Waals surface area (Å²) in [6.07, 6.45) is 8.20. The van der Waals surface area contributed by atoms with Crippen LogP contribution in [0.4, 0.5) is 5.82 Å². The van der Waals surface area contributed by atoms with E-state index in [0.717, 1.165) is 61.1 Å². The van der Waals surface area contributed by atoms with Crippen LogP contribution < -0.4 is 11.1 Å². The fourth-order valence-corrected chi connectivity index (χ4v) is 3.04. The average molecular weight is 397 g/mol. The van der Waals surface area contributed by atoms with Gasteiger partial charge in [-0.3, -0.25) is 0 Å². The molecule has 146 valence electrons. The van der Waals surface area contributed by atoms with E-state index in [2.05, 4.69) is 15.3 Å². The van der Waals surface area contributed by atoms with Crippen LogP contribution in [0.15, 0.2) is 42.5 Å². The van der Waals surface area contributed by atoms with E-state index < -0.39 is 0 Å². The number of phenolic OH excluding ortho intramolecular Hbond substituents is 1. The van der Waals surface area contributed by atoms with Gasteiger partial charge in [0.2, 0.25) is 0 Å². The van der Waals surface area contributed by atoms with Crippen LogP contribution in [0.5, 0.6) is 5.75 Å². The number of aromatic hydroxyl groups is 1. The van der Waals surface area contributed by atoms with Crippen LogP contribution in [0.2, 0.25) is 5.02 Å². The van der Waals surface area contributed by atoms with Crippen LogP contribution in [-0.4, -0.2) is 28.2 Å². The van der Waals surface area contributed by atoms with Gasteiger partial charge < -0.3 is 16.2 Å². The number of nitrogens with zero attached hydrogens (tertiary/aromatic N) is 2. The molecule has 1 aromatic heterocycles. The van der Waals surface area contributed by atoms with Crippen LogP contribution in [0.3, 0.4) is 0 Å². The zero-order valence-electron chi connectivity index (χ0n) is 15.7. The number of benzene rings is 2. The first kappa shape index (κ1) is 20.1. The number of unbranched alkanes of at least 4 members (excludes halogenated alkanes) is 3. The molecule has 0 fully saturated rings. The maximum absolute atomic E-state index is 9.85. The van der Waals surface area contributed by atoms with E-state index in [1.54, 1.807) is 18.2 Å². The first-order valence-corrected chi connectivity index (χ1v) is 9.92. The fraction of sp³-hybridized carbons (Fsp3) is 0.273. The summed E-state index contributed by atoms with van der Waals surface area (Å²) >= 11 is 5.93. The molecule has 1 heterocycles. The molecule has 0 unspecified atom stereocenters. The molecule has 2 aromatic carbocycles. The zero-order valence-corrected chi connectivity index (χ0v) is 16.5. The molecular weight excluding hydrogens is 372 g/mol. The smallest absolute Gasteiger partial charge is 0.154 e. The molecule has 28 heavy (non-hydrogen) atoms. The highest BCUT2D eigenvalue weighted by Crippen LogP contribution is 2.25. The van der Waals surface area contributed by atoms with Gasteiger partial charge in [0.05, 0.1) is 5.52 Å². The van der Waals surface area contributed by atoms with Gasteiger partial charge in [-0.05, 0) is 61.4 Å². The molecule has 6 heteroatoms. The summed E-state index contributed by atoms with van der Waals surface area (Å²) in [5, 5.41) is 14.8. The summed E-state index contributed by atoms with van der Waals surface area (Å²) < 4.78 is 0. The minimum Gasteiger partial charge on any atom is -0.508 e. The van der Waals surface area contributed by atoms with Gasteiger partial charge in [0.15, 0.2) is 5.82 Å². The van der Waals surface area contributed by atoms with Gasteiger partial charge in [0, 0.05) is 17.0 Å². The Kier molecular flexibility index (Phi) is 7.23. The molecule has 3 aromatic rings. The van der Waals surface area contributed by atoms with Crippen LogP contribution >= 0.6 is 11.6 Å². The number of nitrogens with two attached hydrogens (primary N) is 1. The predicted octanol–water partition coefficient (Wildman–Crippen LogP) is 5.09. The fourth-order valence-electron chi connectivity index (χ4n) is 2.92. The quantitative estimate of drug-likeness (QED) is 0.439. The second-order valence-corrected chi connectivity index (χ2v) is 7.08. The number of hydrogen-bond acceptors (Lipinski definition) is 5. The predicted molar refractivity (Wildman–Crippen MR) is 118 cm³/mol. The van der Waals surface area contributed by atoms with Gasteiger partial charge in [0.25, 0.3) is 0 Å². The van der Waals surface area contributed by atoms with Crippen molar-refractivity contribution in [2.45, 2.75) is 25.7 Å². The molecule has 0 radical (unpaired) electrons. The summed E-state index contributed by atoms with van der Waals surface area (Å²) in [6.45, 7) is 1.55. The van der Waals surface area contributed by atoms with E-state index in [1.165, 1.54) is 0 Å². The summed E-state index contributed by atoms with van der Waals surface area (Å²) in [7, 11) is 0. The molecule has 4 N–H and O–H groups in total. The number of rotatable bonds is 9. The molecule has 0 atom stereocenters. The summed E-state index contributed by atoms with van der Waals surface area (Å²) in [5.74, 6) is 1.54. The van der Waals surface area contributed by atoms with Crippen LogP contribution in [0, 0.1) is 0 Å². The van der Waals surface area contributed by atoms with Gasteiger partial charge in [-0.2, -0.15) is 0 Å². The first-order chi connectivity index (χ1) is 13.7. The van der Waals surface area contributed by atoms with Crippen molar-refractivity contribution in [2.75, 3.05) is 18.4 Å². The van der Waals surface area contributed by atoms with Gasteiger partial charge in [-0.1, -0.05) is 42.7 Å². The summed E-state index contributed by atoms with van der Waals surface area (Å²) in [4.78, 5) is 9.23. The van der Waals surface area contributed by atoms with Crippen LogP contribution in [-0.2, 0) is 0 Å². The number of phenols is 1. The van der Waals surface area contributed by atoms with Crippen molar-refractivity contribution in [2.24, 2.45) is 5.73 Å². The highest BCUT2D eigenvalue weighted by atomic mass is 35.5. The number of fused-ring (bicyclic) bond motifs is 1. The monoisotopic (exact) mass is 396 g/mol. The van der Waals surface area contributed by atoms with Crippen molar-refractivity contribution in [1.82, 2.24) is 9.97 Å². The summed E-state index contributed by atoms with van der Waals surface area (Å²) in [5.41, 5.74) is 7.34. The molecular formula is C22H25ClN4O. The topological polar surface area (TPSA) is 84.1 Å². The van der Waals surface area contributed by atoms with Crippen molar-refractivity contribution in [3.63, 3.8) is 0 Å². The maximum Gasteiger partial charge on any atom is 0.154 e. The molecule has 0 aliphatic carbocycles. The van der Waals surface area contributed by atoms with Gasteiger partial charge in [-0.15, -0.1) is 0 Å². The minimum absolute atomic E-state index is 0.201. The number of aromatic nitrogens is 2. The Hall–Kier alpha value is -2.63. The third kappa shape index (κ3) is 5.68. The minimum atomic E-state index is 0.201. The van der Waals surface area contributed by atoms with Gasteiger partial charge in [-0.25, -0.2) is 9.97 Å². The molecule has 0 spiro atoms. The lowest BCUT2D eigenvalue weighted by atomic mass is 10.2. The molecule has 0 bridgehead atoms. The Bertz CT molecular complexity index is 941. The highest BCUT2D eigenvalue weighted by molar-refractivity contribution is 6.30. The molecule has 3 rings (SSSR count). The number of halogens is 1. The Balaban J connectivity index is 1.79. The first-order valence-electron chi connectivity index (χ1n) is 9.54. The average Bonchev–Trinajstić information content (AvgIpc) is 2.70. The van der Waals surface area contributed by atoms with Crippen molar-refractivity contribution >= 4 is 40.5 Å². The number of nitrogens with one attached hydrogen (secondary N) is 1. The second-order valence-electron chi connectivity index (χ2n) is 6.65. The van der Waals surface area contributed by atoms with E-state index >= 15 is 0 Å². The largest absolute Gasteiger partial charge is 0.508 e. The van der Waals surface area contributed by atoms with Gasteiger partial charge in [0.1, 0.15) is 11.6 Å².